The number of hydrogen-bond acceptors (Lipinski definition) is 8. The molecule has 0 fully saturated rings. The number of amides is 2. The van der Waals surface area contributed by atoms with E-state index in [-0.39, 0.29) is 5.41 Å². The van der Waals surface area contributed by atoms with Crippen LogP contribution < -0.4 is 15.4 Å². The first kappa shape index (κ1) is 24.1. The van der Waals surface area contributed by atoms with E-state index in [4.69, 9.17) is 9.26 Å². The van der Waals surface area contributed by atoms with Crippen molar-refractivity contribution in [3.8, 4) is 11.6 Å². The molecule has 0 aliphatic carbocycles. The minimum atomic E-state index is -0.424. The Morgan fingerprint density at radius 3 is 2.60 bits per heavy atom. The second kappa shape index (κ2) is 10.1. The number of carbonyl (C=O) groups is 1. The molecule has 0 spiro atoms. The number of nitrogens with zero attached hydrogens (tertiary/aromatic N) is 6. The van der Waals surface area contributed by atoms with Gasteiger partial charge in [-0.25, -0.2) is 19.4 Å². The molecule has 0 saturated carbocycles. The summed E-state index contributed by atoms with van der Waals surface area (Å²) < 4.78 is 13.1. The molecule has 3 aromatic heterocycles. The summed E-state index contributed by atoms with van der Waals surface area (Å²) >= 11 is 0. The predicted octanol–water partition coefficient (Wildman–Crippen LogP) is 4.50. The molecule has 0 aliphatic rings. The Kier molecular flexibility index (Phi) is 6.97. The molecule has 3 heterocycles. The van der Waals surface area contributed by atoms with Gasteiger partial charge in [0.1, 0.15) is 23.2 Å². The third-order valence-corrected chi connectivity index (χ3v) is 5.19. The first-order valence-corrected chi connectivity index (χ1v) is 11.3. The topological polar surface area (TPSA) is 123 Å². The highest BCUT2D eigenvalue weighted by Crippen LogP contribution is 2.28. The number of ether oxygens (including phenoxy) is 1. The van der Waals surface area contributed by atoms with E-state index in [1.54, 1.807) is 36.5 Å². The van der Waals surface area contributed by atoms with Crippen LogP contribution in [0, 0.1) is 0 Å². The van der Waals surface area contributed by atoms with E-state index in [2.05, 4.69) is 35.8 Å². The monoisotopic (exact) mass is 478 g/mol. The van der Waals surface area contributed by atoms with Crippen LogP contribution in [0.15, 0.2) is 47.4 Å². The van der Waals surface area contributed by atoms with Crippen LogP contribution in [-0.2, 0) is 12.0 Å². The van der Waals surface area contributed by atoms with Gasteiger partial charge < -0.3 is 19.5 Å². The number of anilines is 2. The lowest BCUT2D eigenvalue weighted by atomic mass is 9.93. The van der Waals surface area contributed by atoms with E-state index in [0.29, 0.717) is 28.9 Å². The van der Waals surface area contributed by atoms with E-state index < -0.39 is 6.03 Å². The summed E-state index contributed by atoms with van der Waals surface area (Å²) in [6.45, 7) is 7.74. The van der Waals surface area contributed by atoms with E-state index in [1.165, 1.54) is 6.33 Å². The van der Waals surface area contributed by atoms with Gasteiger partial charge in [0.25, 0.3) is 0 Å². The number of hydrogen-bond donors (Lipinski definition) is 2. The molecule has 0 atom stereocenters. The third-order valence-electron chi connectivity index (χ3n) is 5.19. The van der Waals surface area contributed by atoms with Crippen molar-refractivity contribution in [1.29, 1.82) is 0 Å². The molecular weight excluding hydrogens is 448 g/mol. The highest BCUT2D eigenvalue weighted by Gasteiger charge is 2.20. The summed E-state index contributed by atoms with van der Waals surface area (Å²) in [6, 6.07) is 8.26. The number of aromatic nitrogens is 5. The van der Waals surface area contributed by atoms with Crippen LogP contribution in [0.2, 0.25) is 0 Å². The quantitative estimate of drug-likeness (QED) is 0.379. The molecule has 11 heteroatoms. The SMILES string of the molecule is CN(C)CCCn1ncc2c(Oc3ccc(NC(=O)Nc4cc(C(C)(C)C)on4)cc3)ncnc21. The van der Waals surface area contributed by atoms with Gasteiger partial charge in [-0.1, -0.05) is 25.9 Å². The molecule has 2 N–H and O–H groups in total. The number of urea groups is 1. The van der Waals surface area contributed by atoms with Crippen LogP contribution >= 0.6 is 0 Å². The molecule has 0 unspecified atom stereocenters. The summed E-state index contributed by atoms with van der Waals surface area (Å²) in [6.07, 6.45) is 4.15. The number of nitrogens with one attached hydrogen (secondary N) is 2. The van der Waals surface area contributed by atoms with Crippen molar-refractivity contribution in [1.82, 2.24) is 29.8 Å². The zero-order valence-electron chi connectivity index (χ0n) is 20.6. The Morgan fingerprint density at radius 1 is 1.14 bits per heavy atom. The molecular formula is C24H30N8O3. The third kappa shape index (κ3) is 6.12. The summed E-state index contributed by atoms with van der Waals surface area (Å²) in [7, 11) is 4.09. The lowest BCUT2D eigenvalue weighted by Gasteiger charge is -2.12. The molecule has 0 bridgehead atoms. The molecule has 0 aliphatic heterocycles. The number of carbonyl (C=O) groups excluding carboxylic acids is 1. The van der Waals surface area contributed by atoms with Crippen LogP contribution in [0.4, 0.5) is 16.3 Å². The van der Waals surface area contributed by atoms with Crippen molar-refractivity contribution in [2.75, 3.05) is 31.3 Å². The maximum atomic E-state index is 12.3. The van der Waals surface area contributed by atoms with Gasteiger partial charge in [-0.2, -0.15) is 5.10 Å². The second-order valence-corrected chi connectivity index (χ2v) is 9.47. The average Bonchev–Trinajstić information content (AvgIpc) is 3.43. The van der Waals surface area contributed by atoms with Crippen LogP contribution in [0.5, 0.6) is 11.6 Å². The van der Waals surface area contributed by atoms with Gasteiger partial charge in [-0.05, 0) is 51.3 Å². The van der Waals surface area contributed by atoms with E-state index in [0.717, 1.165) is 30.5 Å². The molecule has 1 aromatic carbocycles. The van der Waals surface area contributed by atoms with Crippen molar-refractivity contribution >= 4 is 28.6 Å². The van der Waals surface area contributed by atoms with Crippen LogP contribution in [0.3, 0.4) is 0 Å². The van der Waals surface area contributed by atoms with Gasteiger partial charge in [0, 0.05) is 23.7 Å². The van der Waals surface area contributed by atoms with Gasteiger partial charge in [0.05, 0.1) is 6.20 Å². The van der Waals surface area contributed by atoms with Crippen molar-refractivity contribution in [2.24, 2.45) is 0 Å². The molecule has 184 valence electrons. The summed E-state index contributed by atoms with van der Waals surface area (Å²) in [4.78, 5) is 23.1. The Morgan fingerprint density at radius 2 is 1.91 bits per heavy atom. The molecule has 4 rings (SSSR count). The standard InChI is InChI=1S/C24H30N8O3/c1-24(2,3)19-13-20(30-35-19)29-23(33)28-16-7-9-17(10-8-16)34-22-18-14-27-32(12-6-11-31(4)5)21(18)25-15-26-22/h7-10,13-15H,6,11-12H2,1-5H3,(H2,28,29,30,33). The number of aryl methyl sites for hydroxylation is 1. The van der Waals surface area contributed by atoms with Crippen LogP contribution in [0.25, 0.3) is 11.0 Å². The summed E-state index contributed by atoms with van der Waals surface area (Å²) in [5.74, 6) is 2.03. The van der Waals surface area contributed by atoms with E-state index in [9.17, 15) is 4.79 Å². The highest BCUT2D eigenvalue weighted by molar-refractivity contribution is 5.99. The van der Waals surface area contributed by atoms with Gasteiger partial charge >= 0.3 is 6.03 Å². The van der Waals surface area contributed by atoms with Gasteiger partial charge in [0.15, 0.2) is 11.5 Å². The van der Waals surface area contributed by atoms with Crippen LogP contribution in [0.1, 0.15) is 33.0 Å². The van der Waals surface area contributed by atoms with Gasteiger partial charge in [-0.3, -0.25) is 5.32 Å². The Labute approximate surface area is 203 Å². The lowest BCUT2D eigenvalue weighted by Crippen LogP contribution is -2.19. The zero-order valence-corrected chi connectivity index (χ0v) is 20.6. The van der Waals surface area contributed by atoms with E-state index in [1.807, 2.05) is 39.5 Å². The highest BCUT2D eigenvalue weighted by atomic mass is 16.5. The number of rotatable bonds is 8. The lowest BCUT2D eigenvalue weighted by molar-refractivity contribution is 0.262. The normalized spacial score (nSPS) is 11.7. The van der Waals surface area contributed by atoms with Crippen molar-refractivity contribution in [2.45, 2.75) is 39.2 Å². The molecule has 4 aromatic rings. The molecule has 35 heavy (non-hydrogen) atoms. The fourth-order valence-corrected chi connectivity index (χ4v) is 3.34. The zero-order chi connectivity index (χ0) is 25.0. The van der Waals surface area contributed by atoms with Crippen molar-refractivity contribution in [3.05, 3.63) is 48.6 Å². The maximum absolute atomic E-state index is 12.3. The molecule has 11 nitrogen and oxygen atoms in total. The fourth-order valence-electron chi connectivity index (χ4n) is 3.34. The summed E-state index contributed by atoms with van der Waals surface area (Å²) in [5.41, 5.74) is 1.13. The molecule has 2 amide bonds. The molecule has 0 saturated heterocycles. The summed E-state index contributed by atoms with van der Waals surface area (Å²) in [5, 5.41) is 14.5. The first-order valence-electron chi connectivity index (χ1n) is 11.3. The van der Waals surface area contributed by atoms with Crippen molar-refractivity contribution in [3.63, 3.8) is 0 Å². The van der Waals surface area contributed by atoms with Crippen molar-refractivity contribution < 1.29 is 14.1 Å². The smallest absolute Gasteiger partial charge is 0.324 e. The Bertz CT molecular complexity index is 1290. The molecule has 0 radical (unpaired) electrons. The van der Waals surface area contributed by atoms with Gasteiger partial charge in [0.2, 0.25) is 5.88 Å². The minimum absolute atomic E-state index is 0.195. The second-order valence-electron chi connectivity index (χ2n) is 9.47. The largest absolute Gasteiger partial charge is 0.438 e. The Hall–Kier alpha value is -3.99. The number of fused-ring (bicyclic) bond motifs is 1. The predicted molar refractivity (Wildman–Crippen MR) is 133 cm³/mol. The number of benzene rings is 1. The fraction of sp³-hybridized carbons (Fsp3) is 0.375. The maximum Gasteiger partial charge on any atom is 0.324 e. The van der Waals surface area contributed by atoms with Crippen LogP contribution in [-0.4, -0.2) is 56.5 Å². The first-order chi connectivity index (χ1) is 16.7. The Balaban J connectivity index is 1.37. The van der Waals surface area contributed by atoms with E-state index >= 15 is 0 Å². The average molecular weight is 479 g/mol. The minimum Gasteiger partial charge on any atom is -0.438 e. The van der Waals surface area contributed by atoms with Gasteiger partial charge in [-0.15, -0.1) is 0 Å².